The number of benzene rings is 1. The van der Waals surface area contributed by atoms with Gasteiger partial charge in [0.1, 0.15) is 17.2 Å². The summed E-state index contributed by atoms with van der Waals surface area (Å²) in [4.78, 5) is 8.70. The molecule has 1 atom stereocenters. The number of ether oxygens (including phenoxy) is 1. The number of nitrogens with two attached hydrogens (primary N) is 1. The summed E-state index contributed by atoms with van der Waals surface area (Å²) in [6.07, 6.45) is 3.41. The number of fused-ring (bicyclic) bond motifs is 1. The van der Waals surface area contributed by atoms with Crippen LogP contribution >= 0.6 is 0 Å². The Labute approximate surface area is 206 Å². The first kappa shape index (κ1) is 26.4. The van der Waals surface area contributed by atoms with Crippen molar-refractivity contribution < 1.29 is 14.2 Å². The van der Waals surface area contributed by atoms with Crippen molar-refractivity contribution in [2.45, 2.75) is 46.8 Å². The number of nitrogens with zero attached hydrogens (tertiary/aromatic N) is 3. The van der Waals surface area contributed by atoms with Crippen LogP contribution < -0.4 is 15.8 Å². The van der Waals surface area contributed by atoms with E-state index >= 15 is 0 Å². The zero-order valence-corrected chi connectivity index (χ0v) is 21.4. The number of aromatic nitrogens is 2. The van der Waals surface area contributed by atoms with E-state index in [0.717, 1.165) is 33.8 Å². The summed E-state index contributed by atoms with van der Waals surface area (Å²) in [5.41, 5.74) is 11.3. The Bertz CT molecular complexity index is 1240. The Balaban J connectivity index is 1.90. The number of nitrogens with one attached hydrogen (secondary N) is 1. The predicted molar refractivity (Wildman–Crippen MR) is 139 cm³/mol. The molecule has 0 aliphatic heterocycles. The number of rotatable bonds is 9. The van der Waals surface area contributed by atoms with Crippen molar-refractivity contribution in [2.75, 3.05) is 20.7 Å². The van der Waals surface area contributed by atoms with Crippen LogP contribution in [0.3, 0.4) is 0 Å². The minimum Gasteiger partial charge on any atom is -0.492 e. The number of halogens is 1. The highest BCUT2D eigenvalue weighted by Crippen LogP contribution is 2.32. The molecule has 4 N–H and O–H groups in total. The number of hydrogen-bond acceptors (Lipinski definition) is 6. The van der Waals surface area contributed by atoms with Crippen LogP contribution in [-0.2, 0) is 6.54 Å². The van der Waals surface area contributed by atoms with E-state index in [1.54, 1.807) is 13.1 Å². The summed E-state index contributed by atoms with van der Waals surface area (Å²) in [5.74, 6) is 0.0491. The average molecular weight is 482 g/mol. The van der Waals surface area contributed by atoms with Gasteiger partial charge < -0.3 is 25.3 Å². The highest BCUT2D eigenvalue weighted by Gasteiger charge is 2.27. The molecule has 3 rings (SSSR count). The minimum absolute atomic E-state index is 0.245. The van der Waals surface area contributed by atoms with Crippen LogP contribution in [0.4, 0.5) is 4.39 Å². The van der Waals surface area contributed by atoms with E-state index in [1.807, 2.05) is 63.7 Å². The zero-order valence-electron chi connectivity index (χ0n) is 21.4. The lowest BCUT2D eigenvalue weighted by Crippen LogP contribution is -2.33. The number of imidazole rings is 1. The normalized spacial score (nSPS) is 14.2. The highest BCUT2D eigenvalue weighted by molar-refractivity contribution is 5.98. The van der Waals surface area contributed by atoms with Crippen molar-refractivity contribution in [3.8, 4) is 16.9 Å². The van der Waals surface area contributed by atoms with Gasteiger partial charge in [0.2, 0.25) is 0 Å². The third kappa shape index (κ3) is 6.07. The van der Waals surface area contributed by atoms with Crippen LogP contribution in [0.2, 0.25) is 0 Å². The molecule has 0 spiro atoms. The van der Waals surface area contributed by atoms with Crippen LogP contribution in [0.1, 0.15) is 39.8 Å². The zero-order chi connectivity index (χ0) is 25.8. The molecule has 0 saturated heterocycles. The highest BCUT2D eigenvalue weighted by atomic mass is 19.1. The van der Waals surface area contributed by atoms with Gasteiger partial charge in [-0.3, -0.25) is 4.99 Å². The van der Waals surface area contributed by atoms with Crippen molar-refractivity contribution >= 4 is 11.4 Å². The molecule has 188 valence electrons. The summed E-state index contributed by atoms with van der Waals surface area (Å²) in [6.45, 7) is 8.55. The molecule has 0 radical (unpaired) electrons. The third-order valence-electron chi connectivity index (χ3n) is 6.04. The van der Waals surface area contributed by atoms with Crippen molar-refractivity contribution in [3.05, 3.63) is 65.5 Å². The standard InChI is InChI=1S/C27H36FN5O2/c1-17(31-6)21(25(29)26(34)27(2,3)4)11-12-35-23-13-19(28)8-9-22(23)18-7-10-24-32-15-20(14-30-5)33(24)16-18/h7-10,13,15-16,26,30,34H,11-12,14,29H2,1-6H3/b25-21-,31-17?. The summed E-state index contributed by atoms with van der Waals surface area (Å²) in [6, 6.07) is 8.40. The molecule has 0 aliphatic rings. The predicted octanol–water partition coefficient (Wildman–Crippen LogP) is 4.34. The second kappa shape index (κ2) is 11.0. The second-order valence-electron chi connectivity index (χ2n) is 9.68. The van der Waals surface area contributed by atoms with Gasteiger partial charge in [-0.25, -0.2) is 9.37 Å². The molecular weight excluding hydrogens is 445 g/mol. The number of aliphatic imine (C=N–C) groups is 1. The molecule has 2 heterocycles. The minimum atomic E-state index is -0.826. The fourth-order valence-electron chi connectivity index (χ4n) is 3.92. The van der Waals surface area contributed by atoms with Gasteiger partial charge in [0.15, 0.2) is 0 Å². The number of aliphatic hydroxyl groups excluding tert-OH is 1. The van der Waals surface area contributed by atoms with E-state index in [9.17, 15) is 9.50 Å². The van der Waals surface area contributed by atoms with Crippen molar-refractivity contribution in [1.29, 1.82) is 0 Å². The molecule has 2 aromatic heterocycles. The Hall–Kier alpha value is -3.23. The van der Waals surface area contributed by atoms with E-state index in [-0.39, 0.29) is 12.4 Å². The van der Waals surface area contributed by atoms with Gasteiger partial charge in [0, 0.05) is 54.8 Å². The Morgan fingerprint density at radius 3 is 2.69 bits per heavy atom. The summed E-state index contributed by atoms with van der Waals surface area (Å²) < 4.78 is 22.3. The SMILES string of the molecule is CN=C(C)/C(CCOc1cc(F)ccc1-c1ccc2ncc(CNC)n2c1)=C(\N)C(O)C(C)(C)C. The fourth-order valence-corrected chi connectivity index (χ4v) is 3.92. The van der Waals surface area contributed by atoms with Gasteiger partial charge in [-0.15, -0.1) is 0 Å². The second-order valence-corrected chi connectivity index (χ2v) is 9.68. The van der Waals surface area contributed by atoms with Gasteiger partial charge >= 0.3 is 0 Å². The summed E-state index contributed by atoms with van der Waals surface area (Å²) in [5, 5.41) is 13.8. The Kier molecular flexibility index (Phi) is 8.30. The lowest BCUT2D eigenvalue weighted by molar-refractivity contribution is 0.0926. The molecule has 8 heteroatoms. The first-order valence-electron chi connectivity index (χ1n) is 11.7. The van der Waals surface area contributed by atoms with Crippen LogP contribution in [0.15, 0.2) is 59.0 Å². The van der Waals surface area contributed by atoms with Gasteiger partial charge in [-0.05, 0) is 49.2 Å². The van der Waals surface area contributed by atoms with E-state index in [1.165, 1.54) is 12.1 Å². The van der Waals surface area contributed by atoms with E-state index in [2.05, 4.69) is 15.3 Å². The van der Waals surface area contributed by atoms with Gasteiger partial charge in [-0.2, -0.15) is 0 Å². The molecule has 1 unspecified atom stereocenters. The largest absolute Gasteiger partial charge is 0.492 e. The van der Waals surface area contributed by atoms with E-state index < -0.39 is 11.5 Å². The van der Waals surface area contributed by atoms with Crippen molar-refractivity contribution in [2.24, 2.45) is 16.1 Å². The maximum Gasteiger partial charge on any atom is 0.136 e. The van der Waals surface area contributed by atoms with Gasteiger partial charge in [0.05, 0.1) is 24.6 Å². The molecule has 7 nitrogen and oxygen atoms in total. The van der Waals surface area contributed by atoms with Crippen LogP contribution in [0.25, 0.3) is 16.8 Å². The van der Waals surface area contributed by atoms with E-state index in [4.69, 9.17) is 10.5 Å². The maximum absolute atomic E-state index is 14.2. The quantitative estimate of drug-likeness (QED) is 0.395. The lowest BCUT2D eigenvalue weighted by Gasteiger charge is -2.28. The van der Waals surface area contributed by atoms with Crippen molar-refractivity contribution in [1.82, 2.24) is 14.7 Å². The number of pyridine rings is 1. The van der Waals surface area contributed by atoms with E-state index in [0.29, 0.717) is 24.4 Å². The first-order chi connectivity index (χ1) is 16.6. The van der Waals surface area contributed by atoms with Crippen LogP contribution in [-0.4, -0.2) is 47.0 Å². The Morgan fingerprint density at radius 1 is 1.29 bits per heavy atom. The fraction of sp³-hybridized carbons (Fsp3) is 0.407. The monoisotopic (exact) mass is 481 g/mol. The van der Waals surface area contributed by atoms with Gasteiger partial charge in [-0.1, -0.05) is 20.8 Å². The third-order valence-corrected chi connectivity index (χ3v) is 6.04. The Morgan fingerprint density at radius 2 is 2.03 bits per heavy atom. The van der Waals surface area contributed by atoms with Crippen molar-refractivity contribution in [3.63, 3.8) is 0 Å². The number of aliphatic hydroxyl groups is 1. The number of hydrogen-bond donors (Lipinski definition) is 3. The smallest absolute Gasteiger partial charge is 0.136 e. The maximum atomic E-state index is 14.2. The first-order valence-corrected chi connectivity index (χ1v) is 11.7. The molecule has 3 aromatic rings. The van der Waals surface area contributed by atoms with Gasteiger partial charge in [0.25, 0.3) is 0 Å². The lowest BCUT2D eigenvalue weighted by atomic mass is 9.85. The van der Waals surface area contributed by atoms with Crippen LogP contribution in [0.5, 0.6) is 5.75 Å². The van der Waals surface area contributed by atoms with Crippen LogP contribution in [0, 0.1) is 11.2 Å². The molecule has 35 heavy (non-hydrogen) atoms. The average Bonchev–Trinajstić information content (AvgIpc) is 3.22. The molecule has 0 amide bonds. The summed E-state index contributed by atoms with van der Waals surface area (Å²) in [7, 11) is 3.57. The molecule has 0 fully saturated rings. The molecule has 0 saturated carbocycles. The molecule has 1 aromatic carbocycles. The topological polar surface area (TPSA) is 97.2 Å². The molecule has 0 bridgehead atoms. The molecule has 0 aliphatic carbocycles. The molecular formula is C27H36FN5O2. The summed E-state index contributed by atoms with van der Waals surface area (Å²) >= 11 is 0.